The van der Waals surface area contributed by atoms with Gasteiger partial charge in [-0.3, -0.25) is 0 Å². The summed E-state index contributed by atoms with van der Waals surface area (Å²) in [5.74, 6) is 2.21. The molecule has 0 atom stereocenters. The first-order valence-corrected chi connectivity index (χ1v) is 23.7. The Morgan fingerprint density at radius 1 is 0.271 bits per heavy atom. The van der Waals surface area contributed by atoms with Gasteiger partial charge in [-0.2, -0.15) is 0 Å². The first-order valence-electron chi connectivity index (χ1n) is 21.9. The predicted octanol–water partition coefficient (Wildman–Crippen LogP) is 10.6. The molecule has 0 fully saturated rings. The summed E-state index contributed by atoms with van der Waals surface area (Å²) >= 11 is 0. The second kappa shape index (κ2) is 20.5. The van der Waals surface area contributed by atoms with Crippen molar-refractivity contribution >= 4 is 72.6 Å². The van der Waals surface area contributed by atoms with Gasteiger partial charge in [-0.05, 0) is 70.1 Å². The number of hydrogen-bond donors (Lipinski definition) is 0. The zero-order valence-corrected chi connectivity index (χ0v) is 39.0. The van der Waals surface area contributed by atoms with Crippen LogP contribution in [0.15, 0.2) is 218 Å². The summed E-state index contributed by atoms with van der Waals surface area (Å²) in [6.45, 7) is 9.50. The fourth-order valence-corrected chi connectivity index (χ4v) is 13.2. The van der Waals surface area contributed by atoms with Crippen molar-refractivity contribution in [3.05, 3.63) is 232 Å². The fourth-order valence-electron chi connectivity index (χ4n) is 8.96. The average molecular weight is 963 g/mol. The molecule has 70 heavy (non-hydrogen) atoms. The molecule has 0 aliphatic carbocycles. The van der Waals surface area contributed by atoms with Gasteiger partial charge in [0, 0.05) is 44.8 Å². The predicted molar refractivity (Wildman–Crippen MR) is 275 cm³/mol. The van der Waals surface area contributed by atoms with Gasteiger partial charge in [-0.1, -0.05) is 170 Å². The quantitative estimate of drug-likeness (QED) is 0.123. The van der Waals surface area contributed by atoms with Crippen molar-refractivity contribution in [3.8, 4) is 45.6 Å². The maximum absolute atomic E-state index is 6.25. The molecule has 13 rings (SSSR count). The molecule has 3 aromatic heterocycles. The summed E-state index contributed by atoms with van der Waals surface area (Å²) in [4.78, 5) is 39.3. The van der Waals surface area contributed by atoms with E-state index in [4.69, 9.17) is 63.5 Å². The van der Waals surface area contributed by atoms with Crippen LogP contribution in [0.3, 0.4) is 0 Å². The molecule has 12 heteroatoms. The molecular weight excluding hydrogens is 927 g/mol. The Bertz CT molecular complexity index is 3350. The van der Waals surface area contributed by atoms with E-state index in [2.05, 4.69) is 121 Å². The molecule has 5 heterocycles. The second-order valence-electron chi connectivity index (χ2n) is 15.7. The zero-order valence-electron chi connectivity index (χ0n) is 37.0. The molecule has 0 N–H and O–H groups in total. The van der Waals surface area contributed by atoms with Crippen LogP contribution in [0.5, 0.6) is 0 Å². The van der Waals surface area contributed by atoms with Crippen LogP contribution in [0.4, 0.5) is 0 Å². The molecule has 8 bridgehead atoms. The summed E-state index contributed by atoms with van der Waals surface area (Å²) in [7, 11) is -1.91. The van der Waals surface area contributed by atoms with Gasteiger partial charge in [0.2, 0.25) is 0 Å². The van der Waals surface area contributed by atoms with E-state index in [1.165, 1.54) is 21.2 Å². The smallest absolute Gasteiger partial charge is 0.512 e. The molecule has 10 nitrogen and oxygen atoms in total. The van der Waals surface area contributed by atoms with Crippen molar-refractivity contribution in [2.75, 3.05) is 0 Å². The van der Waals surface area contributed by atoms with Crippen LogP contribution < -0.4 is 31.2 Å². The SMILES string of the molecule is [C-]#N.[C-]#N.[Co+3].c1ccc([P+](c2ccccc2)(c2ccccc2)c2ccccc2)cc1.c1ccc2c(c1)-c1nc-2nc2[n-]c(nc3nc(nc4[n-]c(n1)c1ccccc41)-c1ccccc1-3)c1ccccc21. The number of fused-ring (bicyclic) bond motifs is 20. The topological polar surface area (TPSA) is 153 Å². The number of aromatic nitrogens is 8. The molecule has 0 amide bonds. The Morgan fingerprint density at radius 3 is 0.700 bits per heavy atom. The maximum atomic E-state index is 6.25. The fraction of sp³-hybridized carbons (Fsp3) is 0. The second-order valence-corrected chi connectivity index (χ2v) is 19.1. The Balaban J connectivity index is 0.000000176. The summed E-state index contributed by atoms with van der Waals surface area (Å²) in [5.41, 5.74) is 5.78. The van der Waals surface area contributed by atoms with Gasteiger partial charge in [0.1, 0.15) is 28.5 Å². The summed E-state index contributed by atoms with van der Waals surface area (Å²) in [5, 5.41) is 21.6. The van der Waals surface area contributed by atoms with E-state index in [-0.39, 0.29) is 16.8 Å². The Kier molecular flexibility index (Phi) is 13.5. The Morgan fingerprint density at radius 2 is 0.471 bits per heavy atom. The van der Waals surface area contributed by atoms with E-state index in [1.807, 2.05) is 97.1 Å². The zero-order chi connectivity index (χ0) is 47.2. The molecular formula is C58H36CoN10P. The minimum atomic E-state index is -1.91. The Labute approximate surface area is 414 Å². The van der Waals surface area contributed by atoms with E-state index in [0.717, 1.165) is 43.8 Å². The first-order chi connectivity index (χ1) is 34.2. The van der Waals surface area contributed by atoms with Crippen LogP contribution >= 0.6 is 7.26 Å². The largest absolute Gasteiger partial charge is 3.00 e. The summed E-state index contributed by atoms with van der Waals surface area (Å²) < 4.78 is 0. The standard InChI is InChI=1S/C32H16N8.C24H20P.2CN.Co/c1-2-10-18-17(9-1)25-33-26(18)38-28-21-13-5-6-14-22(21)30(35-28)40-32-24-16-8-7-15-23(24)31(36-32)39-29-20-12-4-3-11-19(20)27(34-29)37-25;1-5-13-21(14-6-1)25(22-15-7-2-8-16-22,23-17-9-3-10-18-23)24-19-11-4-12-20-24;2*1-2;/h1-16H;1-20H;;;/q-2;+1;2*-1;+3. The monoisotopic (exact) mass is 962 g/mol. The van der Waals surface area contributed by atoms with Gasteiger partial charge in [0.15, 0.2) is 0 Å². The Hall–Kier alpha value is -8.96. The molecule has 11 aromatic rings. The van der Waals surface area contributed by atoms with Crippen molar-refractivity contribution < 1.29 is 16.8 Å². The van der Waals surface area contributed by atoms with E-state index in [9.17, 15) is 0 Å². The van der Waals surface area contributed by atoms with Crippen molar-refractivity contribution in [3.63, 3.8) is 0 Å². The molecule has 8 aromatic carbocycles. The van der Waals surface area contributed by atoms with E-state index in [1.54, 1.807) is 0 Å². The number of nitrogens with zero attached hydrogens (tertiary/aromatic N) is 10. The summed E-state index contributed by atoms with van der Waals surface area (Å²) in [6, 6.07) is 75.7. The third kappa shape index (κ3) is 8.27. The summed E-state index contributed by atoms with van der Waals surface area (Å²) in [6.07, 6.45) is 0. The van der Waals surface area contributed by atoms with Gasteiger partial charge >= 0.3 is 16.8 Å². The van der Waals surface area contributed by atoms with Gasteiger partial charge < -0.3 is 53.6 Å². The van der Waals surface area contributed by atoms with Crippen molar-refractivity contribution in [1.82, 2.24) is 39.9 Å². The van der Waals surface area contributed by atoms with Crippen LogP contribution in [0.1, 0.15) is 0 Å². The maximum Gasteiger partial charge on any atom is 3.00 e. The van der Waals surface area contributed by atoms with Crippen LogP contribution in [-0.2, 0) is 16.8 Å². The van der Waals surface area contributed by atoms with Gasteiger partial charge in [0.05, 0.1) is 23.3 Å². The van der Waals surface area contributed by atoms with Crippen molar-refractivity contribution in [2.45, 2.75) is 0 Å². The molecule has 2 aliphatic rings. The van der Waals surface area contributed by atoms with Gasteiger partial charge in [0.25, 0.3) is 0 Å². The van der Waals surface area contributed by atoms with Crippen LogP contribution in [0, 0.1) is 23.7 Å². The van der Waals surface area contributed by atoms with Crippen LogP contribution in [-0.4, -0.2) is 29.9 Å². The third-order valence-corrected chi connectivity index (χ3v) is 16.2. The number of rotatable bonds is 4. The van der Waals surface area contributed by atoms with Crippen LogP contribution in [0.2, 0.25) is 0 Å². The molecule has 0 unspecified atom stereocenters. The van der Waals surface area contributed by atoms with Crippen LogP contribution in [0.25, 0.3) is 89.7 Å². The molecule has 332 valence electrons. The first kappa shape index (κ1) is 46.2. The van der Waals surface area contributed by atoms with Crippen molar-refractivity contribution in [1.29, 1.82) is 10.5 Å². The van der Waals surface area contributed by atoms with E-state index >= 15 is 0 Å². The molecule has 2 aliphatic heterocycles. The van der Waals surface area contributed by atoms with Crippen molar-refractivity contribution in [2.24, 2.45) is 0 Å². The van der Waals surface area contributed by atoms with E-state index < -0.39 is 7.26 Å². The minimum absolute atomic E-state index is 0. The minimum Gasteiger partial charge on any atom is -0.512 e. The van der Waals surface area contributed by atoms with E-state index in [0.29, 0.717) is 45.9 Å². The third-order valence-electron chi connectivity index (χ3n) is 11.9. The van der Waals surface area contributed by atoms with Gasteiger partial charge in [-0.15, -0.1) is 0 Å². The number of hydrogen-bond acceptors (Lipinski definition) is 8. The molecule has 0 saturated carbocycles. The molecule has 0 radical (unpaired) electrons. The normalized spacial score (nSPS) is 10.9. The number of benzene rings is 8. The molecule has 0 spiro atoms. The molecule has 0 saturated heterocycles. The van der Waals surface area contributed by atoms with Gasteiger partial charge in [-0.25, -0.2) is 9.97 Å². The average Bonchev–Trinajstić information content (AvgIpc) is 4.18.